The van der Waals surface area contributed by atoms with Gasteiger partial charge in [0, 0.05) is 19.1 Å². The zero-order chi connectivity index (χ0) is 12.5. The molecule has 1 fully saturated rings. The van der Waals surface area contributed by atoms with Gasteiger partial charge in [-0.25, -0.2) is 0 Å². The predicted octanol–water partition coefficient (Wildman–Crippen LogP) is 3.06. The van der Waals surface area contributed by atoms with Crippen LogP contribution in [-0.2, 0) is 20.0 Å². The Bertz CT molecular complexity index is 392. The number of nitrogens with one attached hydrogen (secondary N) is 1. The van der Waals surface area contributed by atoms with Crippen molar-refractivity contribution in [1.82, 2.24) is 15.1 Å². The number of halogens is 1. The van der Waals surface area contributed by atoms with E-state index in [4.69, 9.17) is 11.6 Å². The molecule has 1 heterocycles. The quantitative estimate of drug-likeness (QED) is 0.896. The first-order valence-electron chi connectivity index (χ1n) is 6.51. The number of hydrogen-bond acceptors (Lipinski definition) is 2. The summed E-state index contributed by atoms with van der Waals surface area (Å²) in [6.07, 6.45) is 6.10. The van der Waals surface area contributed by atoms with Crippen molar-refractivity contribution >= 4 is 11.6 Å². The molecule has 17 heavy (non-hydrogen) atoms. The van der Waals surface area contributed by atoms with Gasteiger partial charge in [-0.1, -0.05) is 31.4 Å². The van der Waals surface area contributed by atoms with Gasteiger partial charge in [0.05, 0.1) is 16.4 Å². The van der Waals surface area contributed by atoms with Gasteiger partial charge in [-0.2, -0.15) is 5.10 Å². The van der Waals surface area contributed by atoms with Gasteiger partial charge in [0.2, 0.25) is 0 Å². The number of hydrogen-bond donors (Lipinski definition) is 1. The van der Waals surface area contributed by atoms with E-state index in [-0.39, 0.29) is 0 Å². The Morgan fingerprint density at radius 1 is 1.41 bits per heavy atom. The molecule has 0 unspecified atom stereocenters. The fraction of sp³-hybridized carbons (Fsp3) is 0.769. The second kappa shape index (κ2) is 4.99. The van der Waals surface area contributed by atoms with Gasteiger partial charge in [0.15, 0.2) is 0 Å². The smallest absolute Gasteiger partial charge is 0.0863 e. The third-order valence-electron chi connectivity index (χ3n) is 3.89. The predicted molar refractivity (Wildman–Crippen MR) is 71.3 cm³/mol. The SMILES string of the molecule is CCc1nn(C)c(CNC2(C)CCCC2)c1Cl. The van der Waals surface area contributed by atoms with Crippen LogP contribution < -0.4 is 5.32 Å². The second-order valence-electron chi connectivity index (χ2n) is 5.31. The molecular weight excluding hydrogens is 234 g/mol. The lowest BCUT2D eigenvalue weighted by molar-refractivity contribution is 0.357. The average Bonchev–Trinajstić information content (AvgIpc) is 2.83. The molecule has 0 saturated heterocycles. The molecule has 0 aliphatic heterocycles. The van der Waals surface area contributed by atoms with E-state index in [2.05, 4.69) is 24.3 Å². The van der Waals surface area contributed by atoms with E-state index in [9.17, 15) is 0 Å². The zero-order valence-electron chi connectivity index (χ0n) is 11.0. The zero-order valence-corrected chi connectivity index (χ0v) is 11.8. The van der Waals surface area contributed by atoms with E-state index in [0.717, 1.165) is 29.4 Å². The normalized spacial score (nSPS) is 18.8. The Morgan fingerprint density at radius 3 is 2.59 bits per heavy atom. The van der Waals surface area contributed by atoms with E-state index >= 15 is 0 Å². The largest absolute Gasteiger partial charge is 0.306 e. The van der Waals surface area contributed by atoms with Crippen LogP contribution in [0.4, 0.5) is 0 Å². The van der Waals surface area contributed by atoms with Crippen molar-refractivity contribution in [3.05, 3.63) is 16.4 Å². The summed E-state index contributed by atoms with van der Waals surface area (Å²) in [6, 6.07) is 0. The summed E-state index contributed by atoms with van der Waals surface area (Å²) in [4.78, 5) is 0. The van der Waals surface area contributed by atoms with Crippen LogP contribution >= 0.6 is 11.6 Å². The van der Waals surface area contributed by atoms with Crippen LogP contribution in [0, 0.1) is 0 Å². The maximum absolute atomic E-state index is 6.34. The van der Waals surface area contributed by atoms with Crippen molar-refractivity contribution in [2.45, 2.75) is 58.0 Å². The molecule has 0 bridgehead atoms. The maximum atomic E-state index is 6.34. The van der Waals surface area contributed by atoms with E-state index in [1.54, 1.807) is 0 Å². The summed E-state index contributed by atoms with van der Waals surface area (Å²) in [7, 11) is 1.97. The lowest BCUT2D eigenvalue weighted by Crippen LogP contribution is -2.39. The average molecular weight is 256 g/mol. The Balaban J connectivity index is 2.06. The molecule has 0 radical (unpaired) electrons. The number of aromatic nitrogens is 2. The second-order valence-corrected chi connectivity index (χ2v) is 5.68. The van der Waals surface area contributed by atoms with Crippen molar-refractivity contribution in [3.63, 3.8) is 0 Å². The fourth-order valence-electron chi connectivity index (χ4n) is 2.64. The van der Waals surface area contributed by atoms with Crippen LogP contribution in [-0.4, -0.2) is 15.3 Å². The molecular formula is C13H22ClN3. The van der Waals surface area contributed by atoms with Gasteiger partial charge in [-0.05, 0) is 26.2 Å². The van der Waals surface area contributed by atoms with Gasteiger partial charge >= 0.3 is 0 Å². The highest BCUT2D eigenvalue weighted by molar-refractivity contribution is 6.31. The lowest BCUT2D eigenvalue weighted by atomic mass is 10.0. The van der Waals surface area contributed by atoms with E-state index in [1.807, 2.05) is 11.7 Å². The highest BCUT2D eigenvalue weighted by Gasteiger charge is 2.28. The van der Waals surface area contributed by atoms with Crippen LogP contribution in [0.2, 0.25) is 5.02 Å². The molecule has 2 rings (SSSR count). The number of aryl methyl sites for hydroxylation is 2. The Morgan fingerprint density at radius 2 is 2.06 bits per heavy atom. The highest BCUT2D eigenvalue weighted by Crippen LogP contribution is 2.30. The van der Waals surface area contributed by atoms with Gasteiger partial charge in [0.1, 0.15) is 0 Å². The van der Waals surface area contributed by atoms with E-state index in [0.29, 0.717) is 5.54 Å². The van der Waals surface area contributed by atoms with E-state index < -0.39 is 0 Å². The summed E-state index contributed by atoms with van der Waals surface area (Å²) in [5.74, 6) is 0. The molecule has 0 aromatic carbocycles. The summed E-state index contributed by atoms with van der Waals surface area (Å²) in [5, 5.41) is 8.93. The van der Waals surface area contributed by atoms with Crippen LogP contribution in [0.1, 0.15) is 50.9 Å². The van der Waals surface area contributed by atoms with Gasteiger partial charge in [-0.15, -0.1) is 0 Å². The molecule has 0 spiro atoms. The fourth-order valence-corrected chi connectivity index (χ4v) is 3.00. The Hall–Kier alpha value is -0.540. The Labute approximate surface area is 109 Å². The third kappa shape index (κ3) is 2.66. The minimum absolute atomic E-state index is 0.292. The van der Waals surface area contributed by atoms with Crippen molar-refractivity contribution in [2.24, 2.45) is 7.05 Å². The molecule has 1 aromatic heterocycles. The van der Waals surface area contributed by atoms with Crippen LogP contribution in [0.25, 0.3) is 0 Å². The van der Waals surface area contributed by atoms with E-state index in [1.165, 1.54) is 25.7 Å². The minimum Gasteiger partial charge on any atom is -0.306 e. The van der Waals surface area contributed by atoms with Crippen LogP contribution in [0.5, 0.6) is 0 Å². The minimum atomic E-state index is 0.292. The molecule has 1 aliphatic carbocycles. The first-order valence-corrected chi connectivity index (χ1v) is 6.89. The maximum Gasteiger partial charge on any atom is 0.0863 e. The molecule has 1 aliphatic rings. The highest BCUT2D eigenvalue weighted by atomic mass is 35.5. The molecule has 0 amide bonds. The molecule has 3 nitrogen and oxygen atoms in total. The molecule has 96 valence electrons. The first-order chi connectivity index (χ1) is 8.06. The number of nitrogens with zero attached hydrogens (tertiary/aromatic N) is 2. The molecule has 1 N–H and O–H groups in total. The summed E-state index contributed by atoms with van der Waals surface area (Å²) >= 11 is 6.34. The standard InChI is InChI=1S/C13H22ClN3/c1-4-10-12(14)11(17(3)16-10)9-15-13(2)7-5-6-8-13/h15H,4-9H2,1-3H3. The lowest BCUT2D eigenvalue weighted by Gasteiger charge is -2.25. The van der Waals surface area contributed by atoms with Gasteiger partial charge in [0.25, 0.3) is 0 Å². The summed E-state index contributed by atoms with van der Waals surface area (Å²) in [6.45, 7) is 5.22. The summed E-state index contributed by atoms with van der Waals surface area (Å²) < 4.78 is 1.91. The van der Waals surface area contributed by atoms with Crippen molar-refractivity contribution in [1.29, 1.82) is 0 Å². The monoisotopic (exact) mass is 255 g/mol. The molecule has 1 aromatic rings. The summed E-state index contributed by atoms with van der Waals surface area (Å²) in [5.41, 5.74) is 2.40. The Kier molecular flexibility index (Phi) is 3.79. The van der Waals surface area contributed by atoms with Crippen LogP contribution in [0.15, 0.2) is 0 Å². The first kappa shape index (κ1) is 12.9. The molecule has 1 saturated carbocycles. The molecule has 4 heteroatoms. The third-order valence-corrected chi connectivity index (χ3v) is 4.33. The van der Waals surface area contributed by atoms with Crippen molar-refractivity contribution < 1.29 is 0 Å². The van der Waals surface area contributed by atoms with Crippen LogP contribution in [0.3, 0.4) is 0 Å². The van der Waals surface area contributed by atoms with Gasteiger partial charge < -0.3 is 5.32 Å². The van der Waals surface area contributed by atoms with Crippen molar-refractivity contribution in [2.75, 3.05) is 0 Å². The van der Waals surface area contributed by atoms with Crippen molar-refractivity contribution in [3.8, 4) is 0 Å². The van der Waals surface area contributed by atoms with Gasteiger partial charge in [-0.3, -0.25) is 4.68 Å². The molecule has 0 atom stereocenters. The number of rotatable bonds is 4. The topological polar surface area (TPSA) is 29.9 Å².